The summed E-state index contributed by atoms with van der Waals surface area (Å²) in [5.74, 6) is 0.533. The number of carbonyl (C=O) groups is 1. The van der Waals surface area contributed by atoms with Crippen molar-refractivity contribution >= 4 is 37.8 Å². The van der Waals surface area contributed by atoms with Crippen LogP contribution in [-0.2, 0) is 9.53 Å². The van der Waals surface area contributed by atoms with Crippen molar-refractivity contribution in [2.24, 2.45) is 0 Å². The Morgan fingerprint density at radius 3 is 1.61 bits per heavy atom. The Morgan fingerprint density at radius 2 is 1.30 bits per heavy atom. The second-order valence-electron chi connectivity index (χ2n) is 4.74. The molecule has 4 nitrogen and oxygen atoms in total. The fourth-order valence-electron chi connectivity index (χ4n) is 2.31. The zero-order valence-electron chi connectivity index (χ0n) is 12.9. The molecule has 2 rings (SSSR count). The molecule has 0 heterocycles. The average Bonchev–Trinajstić information content (AvgIpc) is 2.55. The molecule has 0 aromatic heterocycles. The van der Waals surface area contributed by atoms with Gasteiger partial charge >= 0.3 is 5.97 Å². The lowest BCUT2D eigenvalue weighted by atomic mass is 9.91. The van der Waals surface area contributed by atoms with Crippen LogP contribution in [0.3, 0.4) is 0 Å². The van der Waals surface area contributed by atoms with Crippen molar-refractivity contribution in [3.8, 4) is 11.5 Å². The molecule has 2 aromatic carbocycles. The van der Waals surface area contributed by atoms with Gasteiger partial charge in [0.25, 0.3) is 0 Å². The smallest absolute Gasteiger partial charge is 0.317 e. The first-order chi connectivity index (χ1) is 11.0. The van der Waals surface area contributed by atoms with E-state index in [2.05, 4.69) is 31.9 Å². The maximum absolute atomic E-state index is 12.3. The second kappa shape index (κ2) is 7.84. The molecule has 2 aromatic rings. The maximum atomic E-state index is 12.3. The minimum Gasteiger partial charge on any atom is -0.496 e. The average molecular weight is 444 g/mol. The van der Waals surface area contributed by atoms with Gasteiger partial charge in [0.05, 0.1) is 30.3 Å². The molecule has 0 bridgehead atoms. The molecule has 0 aliphatic carbocycles. The summed E-state index contributed by atoms with van der Waals surface area (Å²) in [5, 5.41) is 0. The quantitative estimate of drug-likeness (QED) is 0.636. The van der Waals surface area contributed by atoms with Crippen LogP contribution < -0.4 is 9.47 Å². The Balaban J connectivity index is 2.51. The highest BCUT2D eigenvalue weighted by molar-refractivity contribution is 9.10. The van der Waals surface area contributed by atoms with Gasteiger partial charge in [-0.25, -0.2) is 0 Å². The van der Waals surface area contributed by atoms with Crippen molar-refractivity contribution in [2.45, 2.75) is 5.92 Å². The topological polar surface area (TPSA) is 44.8 Å². The fourth-order valence-corrected chi connectivity index (χ4v) is 3.42. The van der Waals surface area contributed by atoms with Crippen LogP contribution in [-0.4, -0.2) is 27.3 Å². The molecule has 0 aliphatic rings. The molecule has 0 spiro atoms. The van der Waals surface area contributed by atoms with Gasteiger partial charge in [0.2, 0.25) is 0 Å². The van der Waals surface area contributed by atoms with E-state index >= 15 is 0 Å². The van der Waals surface area contributed by atoms with E-state index in [4.69, 9.17) is 14.2 Å². The predicted octanol–water partition coefficient (Wildman–Crippen LogP) is 4.53. The number of hydrogen-bond acceptors (Lipinski definition) is 4. The summed E-state index contributed by atoms with van der Waals surface area (Å²) in [7, 11) is 4.57. The molecule has 23 heavy (non-hydrogen) atoms. The summed E-state index contributed by atoms with van der Waals surface area (Å²) in [6, 6.07) is 11.0. The molecule has 0 atom stereocenters. The van der Waals surface area contributed by atoms with Crippen LogP contribution in [0.2, 0.25) is 0 Å². The fraction of sp³-hybridized carbons (Fsp3) is 0.235. The Kier molecular flexibility index (Phi) is 6.07. The van der Waals surface area contributed by atoms with Crippen LogP contribution in [0, 0.1) is 0 Å². The van der Waals surface area contributed by atoms with Crippen LogP contribution in [0.25, 0.3) is 0 Å². The van der Waals surface area contributed by atoms with Crippen molar-refractivity contribution in [2.75, 3.05) is 21.3 Å². The predicted molar refractivity (Wildman–Crippen MR) is 95.2 cm³/mol. The SMILES string of the molecule is COC(=O)C(c1ccc(OC)c(Br)c1)c1ccc(OC)c(Br)c1. The number of carbonyl (C=O) groups excluding carboxylic acids is 1. The summed E-state index contributed by atoms with van der Waals surface area (Å²) in [5.41, 5.74) is 1.61. The minimum atomic E-state index is -0.538. The highest BCUT2D eigenvalue weighted by atomic mass is 79.9. The Bertz CT molecular complexity index is 662. The summed E-state index contributed by atoms with van der Waals surface area (Å²) in [4.78, 5) is 12.3. The van der Waals surface area contributed by atoms with Crippen LogP contribution in [0.15, 0.2) is 45.3 Å². The molecule has 0 amide bonds. The minimum absolute atomic E-state index is 0.334. The number of benzene rings is 2. The molecule has 0 aliphatic heterocycles. The Hall–Kier alpha value is -1.53. The summed E-state index contributed by atoms with van der Waals surface area (Å²) < 4.78 is 17.0. The number of esters is 1. The van der Waals surface area contributed by atoms with Crippen LogP contribution in [0.5, 0.6) is 11.5 Å². The standard InChI is InChI=1S/C17H16Br2O4/c1-21-14-6-4-10(8-12(14)18)16(17(20)23-3)11-5-7-15(22-2)13(19)9-11/h4-9,16H,1-3H3. The number of hydrogen-bond donors (Lipinski definition) is 0. The lowest BCUT2D eigenvalue weighted by Crippen LogP contribution is -2.16. The van der Waals surface area contributed by atoms with Crippen molar-refractivity contribution in [3.63, 3.8) is 0 Å². The van der Waals surface area contributed by atoms with Crippen molar-refractivity contribution in [3.05, 3.63) is 56.5 Å². The molecular weight excluding hydrogens is 428 g/mol. The monoisotopic (exact) mass is 442 g/mol. The zero-order valence-corrected chi connectivity index (χ0v) is 16.1. The van der Waals surface area contributed by atoms with Crippen LogP contribution >= 0.6 is 31.9 Å². The molecule has 0 radical (unpaired) electrons. The zero-order chi connectivity index (χ0) is 17.0. The van der Waals surface area contributed by atoms with Gasteiger partial charge in [0.15, 0.2) is 0 Å². The third-order valence-corrected chi connectivity index (χ3v) is 4.69. The molecular formula is C17H16Br2O4. The molecule has 0 unspecified atom stereocenters. The highest BCUT2D eigenvalue weighted by Crippen LogP contribution is 2.35. The first-order valence-electron chi connectivity index (χ1n) is 6.76. The first kappa shape index (κ1) is 17.8. The highest BCUT2D eigenvalue weighted by Gasteiger charge is 2.25. The van der Waals surface area contributed by atoms with Gasteiger partial charge in [0.1, 0.15) is 17.4 Å². The largest absolute Gasteiger partial charge is 0.496 e. The van der Waals surface area contributed by atoms with Gasteiger partial charge in [-0.2, -0.15) is 0 Å². The number of rotatable bonds is 5. The van der Waals surface area contributed by atoms with E-state index < -0.39 is 5.92 Å². The first-order valence-corrected chi connectivity index (χ1v) is 8.35. The van der Waals surface area contributed by atoms with Gasteiger partial charge < -0.3 is 14.2 Å². The van der Waals surface area contributed by atoms with Gasteiger partial charge in [-0.05, 0) is 67.3 Å². The maximum Gasteiger partial charge on any atom is 0.317 e. The molecule has 6 heteroatoms. The third-order valence-electron chi connectivity index (χ3n) is 3.46. The normalized spacial score (nSPS) is 10.5. The lowest BCUT2D eigenvalue weighted by Gasteiger charge is -2.18. The summed E-state index contributed by atoms with van der Waals surface area (Å²) >= 11 is 6.90. The molecule has 0 N–H and O–H groups in total. The summed E-state index contributed by atoms with van der Waals surface area (Å²) in [6.07, 6.45) is 0. The molecule has 0 fully saturated rings. The van der Waals surface area contributed by atoms with E-state index in [0.717, 1.165) is 20.1 Å². The van der Waals surface area contributed by atoms with Crippen molar-refractivity contribution in [1.82, 2.24) is 0 Å². The van der Waals surface area contributed by atoms with Crippen molar-refractivity contribution < 1.29 is 19.0 Å². The van der Waals surface area contributed by atoms with Gasteiger partial charge in [-0.15, -0.1) is 0 Å². The van der Waals surface area contributed by atoms with E-state index in [1.165, 1.54) is 7.11 Å². The third kappa shape index (κ3) is 3.87. The van der Waals surface area contributed by atoms with Gasteiger partial charge in [0, 0.05) is 0 Å². The van der Waals surface area contributed by atoms with E-state index in [9.17, 15) is 4.79 Å². The molecule has 0 saturated carbocycles. The number of ether oxygens (including phenoxy) is 3. The second-order valence-corrected chi connectivity index (χ2v) is 6.45. The lowest BCUT2D eigenvalue weighted by molar-refractivity contribution is -0.141. The van der Waals surface area contributed by atoms with E-state index in [0.29, 0.717) is 11.5 Å². The molecule has 0 saturated heterocycles. The number of methoxy groups -OCH3 is 3. The van der Waals surface area contributed by atoms with Gasteiger partial charge in [-0.1, -0.05) is 12.1 Å². The van der Waals surface area contributed by atoms with Crippen LogP contribution in [0.4, 0.5) is 0 Å². The van der Waals surface area contributed by atoms with Crippen LogP contribution in [0.1, 0.15) is 17.0 Å². The summed E-state index contributed by atoms with van der Waals surface area (Å²) in [6.45, 7) is 0. The Labute approximate surface area is 152 Å². The van der Waals surface area contributed by atoms with E-state index in [1.807, 2.05) is 36.4 Å². The van der Waals surface area contributed by atoms with E-state index in [1.54, 1.807) is 14.2 Å². The van der Waals surface area contributed by atoms with E-state index in [-0.39, 0.29) is 5.97 Å². The van der Waals surface area contributed by atoms with Gasteiger partial charge in [-0.3, -0.25) is 4.79 Å². The number of halogens is 2. The molecule has 122 valence electrons. The Morgan fingerprint density at radius 1 is 0.870 bits per heavy atom. The van der Waals surface area contributed by atoms with Crippen molar-refractivity contribution in [1.29, 1.82) is 0 Å².